The number of amides is 1. The zero-order valence-corrected chi connectivity index (χ0v) is 22.1. The van der Waals surface area contributed by atoms with Gasteiger partial charge in [0, 0.05) is 18.9 Å². The van der Waals surface area contributed by atoms with Crippen molar-refractivity contribution in [3.05, 3.63) is 45.5 Å². The average Bonchev–Trinajstić information content (AvgIpc) is 3.56. The van der Waals surface area contributed by atoms with E-state index in [4.69, 9.17) is 23.2 Å². The Morgan fingerprint density at radius 3 is 2.24 bits per heavy atom. The topological polar surface area (TPSA) is 105 Å². The molecule has 0 saturated heterocycles. The van der Waals surface area contributed by atoms with Crippen molar-refractivity contribution >= 4 is 40.9 Å². The fraction of sp³-hybridized carbons (Fsp3) is 0.560. The second-order valence-corrected chi connectivity index (χ2v) is 11.1. The number of nitrogens with zero attached hydrogens (tertiary/aromatic N) is 4. The minimum absolute atomic E-state index is 0.0217. The lowest BCUT2D eigenvalue weighted by atomic mass is 9.74. The molecule has 1 amide bonds. The first-order valence-electron chi connectivity index (χ1n) is 12.3. The van der Waals surface area contributed by atoms with Gasteiger partial charge in [-0.05, 0) is 44.9 Å². The minimum Gasteiger partial charge on any atom is -0.481 e. The second kappa shape index (κ2) is 10.8. The first-order valence-corrected chi connectivity index (χ1v) is 13.1. The Kier molecular flexibility index (Phi) is 8.09. The molecular formula is C25H27Cl2F3N4O4. The predicted molar refractivity (Wildman–Crippen MR) is 132 cm³/mol. The number of ketones is 1. The molecular weight excluding hydrogens is 548 g/mol. The molecule has 0 atom stereocenters. The van der Waals surface area contributed by atoms with E-state index in [1.807, 2.05) is 0 Å². The van der Waals surface area contributed by atoms with E-state index in [0.29, 0.717) is 12.3 Å². The molecule has 0 aliphatic heterocycles. The maximum absolute atomic E-state index is 14.3. The van der Waals surface area contributed by atoms with Crippen molar-refractivity contribution in [2.24, 2.45) is 11.3 Å². The molecule has 1 N–H and O–H groups in total. The predicted octanol–water partition coefficient (Wildman–Crippen LogP) is 5.93. The van der Waals surface area contributed by atoms with Gasteiger partial charge in [-0.25, -0.2) is 0 Å². The summed E-state index contributed by atoms with van der Waals surface area (Å²) >= 11 is 12.2. The first kappa shape index (κ1) is 28.4. The van der Waals surface area contributed by atoms with E-state index in [0.717, 1.165) is 28.6 Å². The van der Waals surface area contributed by atoms with E-state index in [1.54, 1.807) is 6.92 Å². The van der Waals surface area contributed by atoms with Gasteiger partial charge in [-0.3, -0.25) is 24.0 Å². The maximum atomic E-state index is 14.3. The second-order valence-electron chi connectivity index (χ2n) is 10.3. The number of hydrogen-bond donors (Lipinski definition) is 1. The van der Waals surface area contributed by atoms with Crippen LogP contribution in [0.5, 0.6) is 0 Å². The van der Waals surface area contributed by atoms with Gasteiger partial charge in [-0.1, -0.05) is 36.0 Å². The van der Waals surface area contributed by atoms with Crippen molar-refractivity contribution in [2.45, 2.75) is 64.1 Å². The number of halogens is 5. The van der Waals surface area contributed by atoms with Crippen LogP contribution >= 0.6 is 23.2 Å². The third kappa shape index (κ3) is 5.98. The van der Waals surface area contributed by atoms with Crippen molar-refractivity contribution < 1.29 is 32.7 Å². The van der Waals surface area contributed by atoms with Crippen molar-refractivity contribution in [1.82, 2.24) is 19.7 Å². The van der Waals surface area contributed by atoms with E-state index in [9.17, 15) is 32.7 Å². The molecule has 2 saturated carbocycles. The number of carbonyl (C=O) groups excluding carboxylic acids is 2. The Hall–Kier alpha value is -2.66. The van der Waals surface area contributed by atoms with Crippen molar-refractivity contribution in [3.63, 3.8) is 0 Å². The summed E-state index contributed by atoms with van der Waals surface area (Å²) in [6.45, 7) is 1.14. The number of alkyl halides is 3. The van der Waals surface area contributed by atoms with Gasteiger partial charge in [-0.15, -0.1) is 0 Å². The lowest BCUT2D eigenvalue weighted by Gasteiger charge is -2.34. The lowest BCUT2D eigenvalue weighted by Crippen LogP contribution is -2.38. The molecule has 2 aliphatic carbocycles. The highest BCUT2D eigenvalue weighted by Gasteiger charge is 2.45. The summed E-state index contributed by atoms with van der Waals surface area (Å²) in [5, 5.41) is 13.4. The van der Waals surface area contributed by atoms with E-state index >= 15 is 0 Å². The van der Waals surface area contributed by atoms with Gasteiger partial charge >= 0.3 is 12.1 Å². The van der Waals surface area contributed by atoms with Crippen LogP contribution in [0, 0.1) is 11.3 Å². The standard InChI is InChI=1S/C25H27Cl2F3N4O4/c1-24(23(37)38)7-4-15(5-8-24)34-21(25(28,29)30)16(10-32-34)22(36)33(9-6-14-2-3-14)13-19(35)20-17(26)11-31-12-18(20)27/h10-12,14-15H,2-9,13H2,1H3,(H,37,38). The molecule has 0 radical (unpaired) electrons. The quantitative estimate of drug-likeness (QED) is 0.372. The van der Waals surface area contributed by atoms with E-state index in [-0.39, 0.29) is 47.8 Å². The highest BCUT2D eigenvalue weighted by molar-refractivity contribution is 6.39. The molecule has 0 spiro atoms. The van der Waals surface area contributed by atoms with Gasteiger partial charge in [0.05, 0.1) is 45.4 Å². The van der Waals surface area contributed by atoms with Gasteiger partial charge in [0.2, 0.25) is 0 Å². The highest BCUT2D eigenvalue weighted by Crippen LogP contribution is 2.43. The SMILES string of the molecule is CC1(C(=O)O)CCC(n2ncc(C(=O)N(CCC3CC3)CC(=O)c3c(Cl)cncc3Cl)c2C(F)(F)F)CC1. The number of Topliss-reactive ketones (excluding diaryl/α,β-unsaturated/α-hetero) is 1. The van der Waals surface area contributed by atoms with Crippen LogP contribution in [0.4, 0.5) is 13.2 Å². The molecule has 2 heterocycles. The first-order chi connectivity index (χ1) is 17.8. The fourth-order valence-corrected chi connectivity index (χ4v) is 5.45. The molecule has 13 heteroatoms. The third-order valence-corrected chi connectivity index (χ3v) is 8.05. The molecule has 0 aromatic carbocycles. The largest absolute Gasteiger partial charge is 0.481 e. The molecule has 0 bridgehead atoms. The van der Waals surface area contributed by atoms with E-state index < -0.39 is 53.1 Å². The molecule has 4 rings (SSSR count). The minimum atomic E-state index is -4.90. The molecule has 206 valence electrons. The number of hydrogen-bond acceptors (Lipinski definition) is 5. The third-order valence-electron chi connectivity index (χ3n) is 7.47. The fourth-order valence-electron chi connectivity index (χ4n) is 4.87. The molecule has 38 heavy (non-hydrogen) atoms. The molecule has 2 aromatic rings. The Balaban J connectivity index is 1.63. The number of carbonyl (C=O) groups is 3. The Labute approximate surface area is 227 Å². The Bertz CT molecular complexity index is 1220. The van der Waals surface area contributed by atoms with Crippen LogP contribution < -0.4 is 0 Å². The lowest BCUT2D eigenvalue weighted by molar-refractivity contribution is -0.152. The van der Waals surface area contributed by atoms with Gasteiger partial charge in [0.25, 0.3) is 5.91 Å². The van der Waals surface area contributed by atoms with E-state index in [2.05, 4.69) is 10.1 Å². The van der Waals surface area contributed by atoms with Crippen LogP contribution in [0.1, 0.15) is 84.3 Å². The van der Waals surface area contributed by atoms with Crippen LogP contribution in [0.2, 0.25) is 10.0 Å². The number of aromatic nitrogens is 3. The number of rotatable bonds is 9. The van der Waals surface area contributed by atoms with Crippen molar-refractivity contribution in [2.75, 3.05) is 13.1 Å². The van der Waals surface area contributed by atoms with Gasteiger partial charge in [0.15, 0.2) is 11.5 Å². The van der Waals surface area contributed by atoms with Crippen LogP contribution in [-0.4, -0.2) is 55.5 Å². The van der Waals surface area contributed by atoms with Crippen LogP contribution in [0.3, 0.4) is 0 Å². The molecule has 2 aromatic heterocycles. The maximum Gasteiger partial charge on any atom is 0.433 e. The van der Waals surface area contributed by atoms with Crippen molar-refractivity contribution in [3.8, 4) is 0 Å². The van der Waals surface area contributed by atoms with Crippen LogP contribution in [-0.2, 0) is 11.0 Å². The normalized spacial score (nSPS) is 21.8. The molecule has 0 unspecified atom stereocenters. The zero-order valence-electron chi connectivity index (χ0n) is 20.6. The van der Waals surface area contributed by atoms with Crippen molar-refractivity contribution in [1.29, 1.82) is 0 Å². The van der Waals surface area contributed by atoms with Gasteiger partial charge in [-0.2, -0.15) is 18.3 Å². The molecule has 2 aliphatic rings. The Morgan fingerprint density at radius 1 is 1.11 bits per heavy atom. The monoisotopic (exact) mass is 574 g/mol. The summed E-state index contributed by atoms with van der Waals surface area (Å²) in [6.07, 6.45) is 1.60. The number of pyridine rings is 1. The summed E-state index contributed by atoms with van der Waals surface area (Å²) in [4.78, 5) is 43.0. The van der Waals surface area contributed by atoms with Gasteiger partial charge < -0.3 is 10.0 Å². The number of aliphatic carboxylic acids is 1. The number of carboxylic acids is 1. The van der Waals surface area contributed by atoms with E-state index in [1.165, 1.54) is 12.4 Å². The summed E-state index contributed by atoms with van der Waals surface area (Å²) < 4.78 is 43.8. The highest BCUT2D eigenvalue weighted by atomic mass is 35.5. The Morgan fingerprint density at radius 2 is 1.71 bits per heavy atom. The molecule has 8 nitrogen and oxygen atoms in total. The number of carboxylic acid groups (broad SMARTS) is 1. The average molecular weight is 575 g/mol. The summed E-state index contributed by atoms with van der Waals surface area (Å²) in [7, 11) is 0. The summed E-state index contributed by atoms with van der Waals surface area (Å²) in [6, 6.07) is -0.712. The van der Waals surface area contributed by atoms with Crippen LogP contribution in [0.25, 0.3) is 0 Å². The van der Waals surface area contributed by atoms with Crippen LogP contribution in [0.15, 0.2) is 18.6 Å². The summed E-state index contributed by atoms with van der Waals surface area (Å²) in [5.74, 6) is -2.23. The molecule has 2 fully saturated rings. The van der Waals surface area contributed by atoms with Gasteiger partial charge in [0.1, 0.15) is 0 Å². The summed E-state index contributed by atoms with van der Waals surface area (Å²) in [5.41, 5.74) is -2.92. The zero-order chi connectivity index (χ0) is 27.8. The smallest absolute Gasteiger partial charge is 0.433 e.